The van der Waals surface area contributed by atoms with Crippen LogP contribution in [0.1, 0.15) is 13.8 Å². The van der Waals surface area contributed by atoms with E-state index in [0.29, 0.717) is 21.5 Å². The molecule has 0 aliphatic carbocycles. The van der Waals surface area contributed by atoms with E-state index in [-0.39, 0.29) is 30.7 Å². The normalized spacial score (nSPS) is 13.0. The van der Waals surface area contributed by atoms with Crippen molar-refractivity contribution in [1.29, 1.82) is 0 Å². The van der Waals surface area contributed by atoms with Gasteiger partial charge < -0.3 is 0 Å². The molecular weight excluding hydrogens is 1120 g/mol. The SMILES string of the molecule is CC(I)C(=O)Oc1ccc([S+](c2ccc(Cl)cc2)c2ccc(Cl)c([I-]C(C)C(=O)Oc3ccc([S+](c4ccc(Br)cc4)c4ccc(Br)cc4)cc3)c2)cc1. The molecule has 6 aromatic rings. The third-order valence-electron chi connectivity index (χ3n) is 7.76. The standard InChI is InChI=1S/C42H31Br2Cl2I2O4S2/c1-26(47)41(49)51-31-9-21-37(22-10-31)54(35-17-7-30(45)8-18-35)38-23-24-39(46)40(25-38)48-27(2)42(50)52-32-11-19-36(20-12-32)53(33-13-3-28(43)4-14-33)34-15-5-29(44)6-16-34/h3-27H,1-2H3/q+1. The Morgan fingerprint density at radius 2 is 0.944 bits per heavy atom. The second-order valence-electron chi connectivity index (χ2n) is 11.7. The van der Waals surface area contributed by atoms with Gasteiger partial charge in [0.1, 0.15) is 0 Å². The zero-order chi connectivity index (χ0) is 38.4. The monoisotopic (exact) mass is 1140 g/mol. The van der Waals surface area contributed by atoms with E-state index in [0.717, 1.165) is 32.1 Å². The van der Waals surface area contributed by atoms with Crippen molar-refractivity contribution in [2.24, 2.45) is 0 Å². The Balaban J connectivity index is 1.20. The predicted octanol–water partition coefficient (Wildman–Crippen LogP) is 9.69. The van der Waals surface area contributed by atoms with Gasteiger partial charge in [-0.25, -0.2) is 0 Å². The fourth-order valence-corrected chi connectivity index (χ4v) is 13.0. The van der Waals surface area contributed by atoms with E-state index >= 15 is 0 Å². The summed E-state index contributed by atoms with van der Waals surface area (Å²) >= 11 is 21.3. The molecule has 3 unspecified atom stereocenters. The summed E-state index contributed by atoms with van der Waals surface area (Å²) in [5.74, 6) is 0.407. The molecule has 0 amide bonds. The van der Waals surface area contributed by atoms with Gasteiger partial charge >= 0.3 is 344 Å². The fraction of sp³-hybridized carbons (Fsp3) is 0.0952. The number of carbonyl (C=O) groups excluding carboxylic acids is 2. The van der Waals surface area contributed by atoms with Gasteiger partial charge in [-0.05, 0) is 0 Å². The Morgan fingerprint density at radius 3 is 1.39 bits per heavy atom. The molecule has 0 N–H and O–H groups in total. The van der Waals surface area contributed by atoms with Crippen LogP contribution in [0.4, 0.5) is 0 Å². The first-order valence-corrected chi connectivity index (χ1v) is 24.8. The van der Waals surface area contributed by atoms with Crippen molar-refractivity contribution in [3.8, 4) is 11.5 Å². The van der Waals surface area contributed by atoms with Gasteiger partial charge in [-0.1, -0.05) is 31.9 Å². The number of ether oxygens (including phenoxy) is 2. The third-order valence-corrected chi connectivity index (χ3v) is 17.7. The zero-order valence-electron chi connectivity index (χ0n) is 28.7. The molecule has 12 heteroatoms. The summed E-state index contributed by atoms with van der Waals surface area (Å²) in [4.78, 5) is 32.3. The van der Waals surface area contributed by atoms with Crippen LogP contribution in [0.15, 0.2) is 178 Å². The number of halogens is 6. The fourth-order valence-electron chi connectivity index (χ4n) is 5.12. The molecule has 0 radical (unpaired) electrons. The number of alkyl halides is 2. The van der Waals surface area contributed by atoms with Crippen molar-refractivity contribution in [2.75, 3.05) is 0 Å². The summed E-state index contributed by atoms with van der Waals surface area (Å²) in [6, 6.07) is 46.0. The third kappa shape index (κ3) is 10.9. The van der Waals surface area contributed by atoms with Crippen LogP contribution in [0, 0.1) is 3.57 Å². The van der Waals surface area contributed by atoms with Crippen LogP contribution in [0.25, 0.3) is 0 Å². The van der Waals surface area contributed by atoms with Crippen LogP contribution in [-0.4, -0.2) is 19.8 Å². The Labute approximate surface area is 372 Å². The summed E-state index contributed by atoms with van der Waals surface area (Å²) in [7, 11) is -0.875. The van der Waals surface area contributed by atoms with E-state index < -0.39 is 32.1 Å². The molecule has 276 valence electrons. The molecule has 0 fully saturated rings. The van der Waals surface area contributed by atoms with E-state index in [2.05, 4.69) is 86.5 Å². The molecule has 3 atom stereocenters. The van der Waals surface area contributed by atoms with Crippen LogP contribution < -0.4 is 30.7 Å². The molecule has 0 bridgehead atoms. The van der Waals surface area contributed by atoms with Crippen molar-refractivity contribution in [2.45, 2.75) is 51.1 Å². The van der Waals surface area contributed by atoms with Crippen LogP contribution in [0.5, 0.6) is 11.5 Å². The Morgan fingerprint density at radius 1 is 0.574 bits per heavy atom. The number of hydrogen-bond donors (Lipinski definition) is 0. The molecule has 4 nitrogen and oxygen atoms in total. The van der Waals surface area contributed by atoms with E-state index in [4.69, 9.17) is 32.7 Å². The summed E-state index contributed by atoms with van der Waals surface area (Å²) in [5, 5.41) is 1.27. The molecule has 0 saturated heterocycles. The van der Waals surface area contributed by atoms with Crippen LogP contribution in [-0.2, 0) is 31.4 Å². The van der Waals surface area contributed by atoms with E-state index in [9.17, 15) is 9.59 Å². The van der Waals surface area contributed by atoms with E-state index in [1.165, 1.54) is 9.79 Å². The minimum atomic E-state index is -0.878. The molecule has 0 heterocycles. The molecular formula is C42H31Br2Cl2I2O4S2+. The Hall–Kier alpha value is -2.04. The molecule has 54 heavy (non-hydrogen) atoms. The molecule has 0 aliphatic rings. The van der Waals surface area contributed by atoms with Crippen molar-refractivity contribution in [3.05, 3.63) is 162 Å². The second kappa shape index (κ2) is 19.4. The van der Waals surface area contributed by atoms with Gasteiger partial charge in [-0.3, -0.25) is 0 Å². The topological polar surface area (TPSA) is 52.6 Å². The molecule has 6 aromatic carbocycles. The molecule has 0 aromatic heterocycles. The molecule has 0 spiro atoms. The van der Waals surface area contributed by atoms with E-state index in [1.807, 2.05) is 114 Å². The number of carbonyl (C=O) groups is 2. The predicted molar refractivity (Wildman–Crippen MR) is 231 cm³/mol. The van der Waals surface area contributed by atoms with Crippen molar-refractivity contribution >= 4 is 111 Å². The molecule has 0 saturated carbocycles. The summed E-state index contributed by atoms with van der Waals surface area (Å²) in [6.45, 7) is 3.70. The first-order chi connectivity index (χ1) is 25.9. The van der Waals surface area contributed by atoms with Crippen molar-refractivity contribution < 1.29 is 40.3 Å². The Bertz CT molecular complexity index is 2180. The summed E-state index contributed by atoms with van der Waals surface area (Å²) < 4.78 is 13.8. The van der Waals surface area contributed by atoms with E-state index in [1.54, 1.807) is 6.92 Å². The van der Waals surface area contributed by atoms with Crippen molar-refractivity contribution in [1.82, 2.24) is 0 Å². The number of rotatable bonds is 12. The van der Waals surface area contributed by atoms with Crippen LogP contribution >= 0.6 is 77.7 Å². The van der Waals surface area contributed by atoms with Gasteiger partial charge in [0.15, 0.2) is 0 Å². The minimum absolute atomic E-state index is 0.258. The average molecular weight is 1150 g/mol. The number of benzene rings is 6. The number of hydrogen-bond acceptors (Lipinski definition) is 4. The second-order valence-corrected chi connectivity index (χ2v) is 23.9. The van der Waals surface area contributed by atoms with Gasteiger partial charge in [-0.15, -0.1) is 0 Å². The summed E-state index contributed by atoms with van der Waals surface area (Å²) in [5.41, 5.74) is 0. The van der Waals surface area contributed by atoms with Gasteiger partial charge in [0.25, 0.3) is 0 Å². The van der Waals surface area contributed by atoms with Gasteiger partial charge in [0.2, 0.25) is 0 Å². The Kier molecular flexibility index (Phi) is 14.9. The first kappa shape index (κ1) is 41.6. The average Bonchev–Trinajstić information content (AvgIpc) is 3.16. The van der Waals surface area contributed by atoms with Crippen LogP contribution in [0.3, 0.4) is 0 Å². The zero-order valence-corrected chi connectivity index (χ0v) is 39.3. The van der Waals surface area contributed by atoms with Gasteiger partial charge in [0.05, 0.1) is 0 Å². The van der Waals surface area contributed by atoms with Crippen molar-refractivity contribution in [3.63, 3.8) is 0 Å². The van der Waals surface area contributed by atoms with Gasteiger partial charge in [0, 0.05) is 0 Å². The number of esters is 2. The summed E-state index contributed by atoms with van der Waals surface area (Å²) in [6.07, 6.45) is 0. The molecule has 6 rings (SSSR count). The first-order valence-electron chi connectivity index (χ1n) is 16.4. The molecule has 0 aliphatic heterocycles. The maximum absolute atomic E-state index is 13.5. The van der Waals surface area contributed by atoms with Gasteiger partial charge in [-0.2, -0.15) is 0 Å². The quantitative estimate of drug-likeness (QED) is 0.0403. The maximum atomic E-state index is 13.5. The van der Waals surface area contributed by atoms with Crippen LogP contribution in [0.2, 0.25) is 10.0 Å².